The molecule has 23 heavy (non-hydrogen) atoms. The summed E-state index contributed by atoms with van der Waals surface area (Å²) in [7, 11) is 0. The van der Waals surface area contributed by atoms with Crippen molar-refractivity contribution in [2.75, 3.05) is 0 Å². The predicted octanol–water partition coefficient (Wildman–Crippen LogP) is 5.64. The molecule has 0 atom stereocenters. The molecule has 0 aliphatic rings. The lowest BCUT2D eigenvalue weighted by molar-refractivity contribution is 1.46. The number of rotatable bonds is 2. The molecule has 2 nitrogen and oxygen atoms in total. The Morgan fingerprint density at radius 3 is 1.35 bits per heavy atom. The Kier molecular flexibility index (Phi) is 3.43. The lowest BCUT2D eigenvalue weighted by Crippen LogP contribution is -1.86. The Balaban J connectivity index is 1.91. The van der Waals surface area contributed by atoms with Gasteiger partial charge in [0.1, 0.15) is 11.0 Å². The SMILES string of the molecule is Cc1ccc(-c2ccc(-c3ccc(C)cc3)c3nsnc23)cc1. The van der Waals surface area contributed by atoms with Crippen molar-refractivity contribution in [1.29, 1.82) is 0 Å². The monoisotopic (exact) mass is 316 g/mol. The molecule has 4 aromatic rings. The molecule has 0 saturated carbocycles. The second-order valence-corrected chi connectivity index (χ2v) is 6.38. The molecule has 0 fully saturated rings. The zero-order chi connectivity index (χ0) is 15.8. The van der Waals surface area contributed by atoms with E-state index in [2.05, 4.69) is 83.3 Å². The second-order valence-electron chi connectivity index (χ2n) is 5.85. The molecule has 0 aliphatic carbocycles. The van der Waals surface area contributed by atoms with Gasteiger partial charge in [-0.15, -0.1) is 0 Å². The average Bonchev–Trinajstić information content (AvgIpc) is 3.05. The van der Waals surface area contributed by atoms with Gasteiger partial charge >= 0.3 is 0 Å². The Morgan fingerprint density at radius 2 is 0.957 bits per heavy atom. The van der Waals surface area contributed by atoms with Gasteiger partial charge in [0.15, 0.2) is 0 Å². The number of nitrogens with zero attached hydrogens (tertiary/aromatic N) is 2. The predicted molar refractivity (Wildman–Crippen MR) is 97.8 cm³/mol. The van der Waals surface area contributed by atoms with Crippen LogP contribution in [0.15, 0.2) is 60.7 Å². The number of aromatic nitrogens is 2. The van der Waals surface area contributed by atoms with E-state index in [1.807, 2.05) is 0 Å². The summed E-state index contributed by atoms with van der Waals surface area (Å²) in [4.78, 5) is 0. The highest BCUT2D eigenvalue weighted by molar-refractivity contribution is 7.00. The van der Waals surface area contributed by atoms with E-state index < -0.39 is 0 Å². The van der Waals surface area contributed by atoms with E-state index in [1.165, 1.54) is 34.0 Å². The molecule has 3 heteroatoms. The zero-order valence-electron chi connectivity index (χ0n) is 13.1. The largest absolute Gasteiger partial charge is 0.172 e. The van der Waals surface area contributed by atoms with Gasteiger partial charge < -0.3 is 0 Å². The molecule has 0 amide bonds. The van der Waals surface area contributed by atoms with Crippen molar-refractivity contribution < 1.29 is 0 Å². The van der Waals surface area contributed by atoms with Gasteiger partial charge in [0.25, 0.3) is 0 Å². The summed E-state index contributed by atoms with van der Waals surface area (Å²) in [5.41, 5.74) is 9.14. The van der Waals surface area contributed by atoms with Crippen molar-refractivity contribution in [1.82, 2.24) is 8.75 Å². The average molecular weight is 316 g/mol. The molecule has 0 unspecified atom stereocenters. The van der Waals surface area contributed by atoms with E-state index in [0.717, 1.165) is 22.2 Å². The molecule has 0 bridgehead atoms. The third-order valence-corrected chi connectivity index (χ3v) is 4.67. The van der Waals surface area contributed by atoms with E-state index in [-0.39, 0.29) is 0 Å². The van der Waals surface area contributed by atoms with Crippen LogP contribution in [0, 0.1) is 13.8 Å². The first kappa shape index (κ1) is 14.1. The fraction of sp³-hybridized carbons (Fsp3) is 0.100. The molecular weight excluding hydrogens is 300 g/mol. The van der Waals surface area contributed by atoms with Crippen LogP contribution in [0.3, 0.4) is 0 Å². The maximum Gasteiger partial charge on any atom is 0.113 e. The van der Waals surface area contributed by atoms with E-state index in [0.29, 0.717) is 0 Å². The van der Waals surface area contributed by atoms with Crippen LogP contribution in [0.1, 0.15) is 11.1 Å². The summed E-state index contributed by atoms with van der Waals surface area (Å²) >= 11 is 1.28. The highest BCUT2D eigenvalue weighted by atomic mass is 32.1. The quantitative estimate of drug-likeness (QED) is 0.478. The van der Waals surface area contributed by atoms with Crippen LogP contribution < -0.4 is 0 Å². The van der Waals surface area contributed by atoms with Crippen LogP contribution in [0.4, 0.5) is 0 Å². The molecule has 3 aromatic carbocycles. The van der Waals surface area contributed by atoms with E-state index in [4.69, 9.17) is 0 Å². The second kappa shape index (κ2) is 5.60. The fourth-order valence-corrected chi connectivity index (χ4v) is 3.37. The van der Waals surface area contributed by atoms with Crippen molar-refractivity contribution in [3.05, 3.63) is 71.8 Å². The third kappa shape index (κ3) is 2.53. The van der Waals surface area contributed by atoms with E-state index in [9.17, 15) is 0 Å². The lowest BCUT2D eigenvalue weighted by atomic mass is 9.97. The Morgan fingerprint density at radius 1 is 0.565 bits per heavy atom. The summed E-state index contributed by atoms with van der Waals surface area (Å²) in [6, 6.07) is 21.4. The van der Waals surface area contributed by atoms with Crippen molar-refractivity contribution >= 4 is 22.8 Å². The third-order valence-electron chi connectivity index (χ3n) is 4.14. The van der Waals surface area contributed by atoms with Gasteiger partial charge in [-0.25, -0.2) is 0 Å². The molecule has 0 spiro atoms. The Hall–Kier alpha value is -2.52. The van der Waals surface area contributed by atoms with Crippen molar-refractivity contribution in [2.24, 2.45) is 0 Å². The first-order valence-corrected chi connectivity index (χ1v) is 8.35. The molecule has 0 saturated heterocycles. The van der Waals surface area contributed by atoms with Gasteiger partial charge in [-0.3, -0.25) is 0 Å². The number of hydrogen-bond donors (Lipinski definition) is 0. The van der Waals surface area contributed by atoms with Crippen molar-refractivity contribution in [3.8, 4) is 22.3 Å². The Bertz CT molecular complexity index is 887. The number of hydrogen-bond acceptors (Lipinski definition) is 3. The summed E-state index contributed by atoms with van der Waals surface area (Å²) in [6.45, 7) is 4.20. The van der Waals surface area contributed by atoms with E-state index in [1.54, 1.807) is 0 Å². The molecule has 112 valence electrons. The zero-order valence-corrected chi connectivity index (χ0v) is 13.9. The molecule has 4 rings (SSSR count). The van der Waals surface area contributed by atoms with E-state index >= 15 is 0 Å². The minimum Gasteiger partial charge on any atom is -0.172 e. The molecule has 0 aliphatic heterocycles. The van der Waals surface area contributed by atoms with Gasteiger partial charge in [-0.2, -0.15) is 8.75 Å². The standard InChI is InChI=1S/C20H16N2S/c1-13-3-7-15(8-4-13)17-11-12-18(20-19(17)21-23-22-20)16-9-5-14(2)6-10-16/h3-12H,1-2H3. The van der Waals surface area contributed by atoms with Crippen molar-refractivity contribution in [3.63, 3.8) is 0 Å². The first-order valence-electron chi connectivity index (χ1n) is 7.62. The maximum atomic E-state index is 4.55. The maximum absolute atomic E-state index is 4.55. The summed E-state index contributed by atoms with van der Waals surface area (Å²) in [5, 5.41) is 0. The van der Waals surface area contributed by atoms with Crippen LogP contribution in [0.5, 0.6) is 0 Å². The fourth-order valence-electron chi connectivity index (χ4n) is 2.80. The lowest BCUT2D eigenvalue weighted by Gasteiger charge is -2.07. The normalized spacial score (nSPS) is 11.0. The number of benzene rings is 3. The molecule has 0 N–H and O–H groups in total. The van der Waals surface area contributed by atoms with Gasteiger partial charge in [0.05, 0.1) is 11.7 Å². The van der Waals surface area contributed by atoms with Gasteiger partial charge in [-0.05, 0) is 25.0 Å². The topological polar surface area (TPSA) is 25.8 Å². The first-order chi connectivity index (χ1) is 11.2. The molecule has 1 aromatic heterocycles. The molecule has 0 radical (unpaired) electrons. The number of aryl methyl sites for hydroxylation is 2. The smallest absolute Gasteiger partial charge is 0.113 e. The van der Waals surface area contributed by atoms with Gasteiger partial charge in [-0.1, -0.05) is 71.8 Å². The van der Waals surface area contributed by atoms with Gasteiger partial charge in [0, 0.05) is 11.1 Å². The van der Waals surface area contributed by atoms with Crippen LogP contribution in [-0.2, 0) is 0 Å². The number of fused-ring (bicyclic) bond motifs is 1. The van der Waals surface area contributed by atoms with Crippen LogP contribution in [0.25, 0.3) is 33.3 Å². The van der Waals surface area contributed by atoms with Crippen LogP contribution in [-0.4, -0.2) is 8.75 Å². The summed E-state index contributed by atoms with van der Waals surface area (Å²) in [5.74, 6) is 0. The van der Waals surface area contributed by atoms with Crippen LogP contribution >= 0.6 is 11.7 Å². The minimum atomic E-state index is 0.983. The highest BCUT2D eigenvalue weighted by Gasteiger charge is 2.13. The minimum absolute atomic E-state index is 0.983. The highest BCUT2D eigenvalue weighted by Crippen LogP contribution is 2.34. The summed E-state index contributed by atoms with van der Waals surface area (Å²) in [6.07, 6.45) is 0. The molecular formula is C20H16N2S. The van der Waals surface area contributed by atoms with Gasteiger partial charge in [0.2, 0.25) is 0 Å². The van der Waals surface area contributed by atoms with Crippen LogP contribution in [0.2, 0.25) is 0 Å². The summed E-state index contributed by atoms with van der Waals surface area (Å²) < 4.78 is 9.10. The Labute approximate surface area is 139 Å². The van der Waals surface area contributed by atoms with Crippen molar-refractivity contribution in [2.45, 2.75) is 13.8 Å². The molecule has 1 heterocycles.